The smallest absolute Gasteiger partial charge is 0.330 e. The first-order valence-corrected chi connectivity index (χ1v) is 13.5. The zero-order chi connectivity index (χ0) is 27.0. The van der Waals surface area contributed by atoms with Crippen LogP contribution in [0.2, 0.25) is 0 Å². The van der Waals surface area contributed by atoms with Gasteiger partial charge < -0.3 is 9.57 Å². The van der Waals surface area contributed by atoms with E-state index in [1.54, 1.807) is 0 Å². The van der Waals surface area contributed by atoms with Gasteiger partial charge in [-0.2, -0.15) is 16.0 Å². The van der Waals surface area contributed by atoms with E-state index in [0.717, 1.165) is 38.5 Å². The normalized spacial score (nSPS) is 30.7. The molecule has 0 radical (unpaired) electrons. The molecule has 0 aromatic rings. The van der Waals surface area contributed by atoms with Crippen molar-refractivity contribution in [1.29, 1.82) is 10.5 Å². The number of carbonyl (C=O) groups is 1. The van der Waals surface area contributed by atoms with E-state index < -0.39 is 5.97 Å². The van der Waals surface area contributed by atoms with Crippen molar-refractivity contribution >= 4 is 5.97 Å². The van der Waals surface area contributed by atoms with Crippen LogP contribution in [0.5, 0.6) is 0 Å². The molecule has 204 valence electrons. The van der Waals surface area contributed by atoms with Crippen LogP contribution in [-0.4, -0.2) is 63.7 Å². The summed E-state index contributed by atoms with van der Waals surface area (Å²) in [5, 5.41) is 31.2. The Kier molecular flexibility index (Phi) is 13.1. The summed E-state index contributed by atoms with van der Waals surface area (Å²) in [6, 6.07) is 4.60. The van der Waals surface area contributed by atoms with Gasteiger partial charge in [-0.25, -0.2) is 4.79 Å². The molecule has 1 aliphatic carbocycles. The first-order valence-electron chi connectivity index (χ1n) is 13.5. The number of hydroxylamine groups is 1. The standard InChI is InChI=1S/C28H39N7O3/c1-2-28(36)37-12-4-3-5-13-38-35-25-14-21(7-10-26-31-17-22(15-29)18-32-26)6-8-24(25)9-11-27-33-19-23(16-30)20-34-27/h2,21-27,31-35H,1,3-6,8,12-14,17-20H2. The van der Waals surface area contributed by atoms with Gasteiger partial charge in [0, 0.05) is 50.1 Å². The number of esters is 1. The number of hydrogen-bond donors (Lipinski definition) is 5. The van der Waals surface area contributed by atoms with Crippen molar-refractivity contribution in [3.05, 3.63) is 12.7 Å². The summed E-state index contributed by atoms with van der Waals surface area (Å²) < 4.78 is 4.99. The zero-order valence-electron chi connectivity index (χ0n) is 21.9. The SMILES string of the molecule is C=CC(=O)OCCCCCONC1CC(C#CC2NCC(C#N)CN2)CCC1C#CC1NCC(C#N)CN1. The van der Waals surface area contributed by atoms with Crippen LogP contribution in [0.3, 0.4) is 0 Å². The fourth-order valence-electron chi connectivity index (χ4n) is 4.56. The third-order valence-corrected chi connectivity index (χ3v) is 6.87. The predicted molar refractivity (Wildman–Crippen MR) is 142 cm³/mol. The molecule has 38 heavy (non-hydrogen) atoms. The molecular formula is C28H39N7O3. The first-order chi connectivity index (χ1) is 18.6. The molecule has 0 bridgehead atoms. The van der Waals surface area contributed by atoms with Crippen LogP contribution in [0, 0.1) is 70.0 Å². The molecule has 10 nitrogen and oxygen atoms in total. The summed E-state index contributed by atoms with van der Waals surface area (Å²) in [7, 11) is 0. The van der Waals surface area contributed by atoms with Gasteiger partial charge in [-0.05, 0) is 38.5 Å². The molecule has 3 aliphatic rings. The van der Waals surface area contributed by atoms with Gasteiger partial charge in [0.15, 0.2) is 0 Å². The van der Waals surface area contributed by atoms with Gasteiger partial charge in [0.1, 0.15) is 12.3 Å². The van der Waals surface area contributed by atoms with Crippen LogP contribution < -0.4 is 26.7 Å². The number of rotatable bonds is 9. The fraction of sp³-hybridized carbons (Fsp3) is 0.679. The van der Waals surface area contributed by atoms with E-state index in [0.29, 0.717) is 39.4 Å². The van der Waals surface area contributed by atoms with Gasteiger partial charge in [0.2, 0.25) is 0 Å². The van der Waals surface area contributed by atoms with E-state index in [-0.39, 0.29) is 42.0 Å². The molecule has 3 rings (SSSR count). The molecule has 2 heterocycles. The van der Waals surface area contributed by atoms with Gasteiger partial charge in [-0.15, -0.1) is 0 Å². The summed E-state index contributed by atoms with van der Waals surface area (Å²) in [5.74, 6) is 13.4. The Hall–Kier alpha value is -2.93. The molecule has 0 aromatic heterocycles. The summed E-state index contributed by atoms with van der Waals surface area (Å²) in [6.07, 6.45) is 6.20. The van der Waals surface area contributed by atoms with Crippen molar-refractivity contribution in [3.63, 3.8) is 0 Å². The monoisotopic (exact) mass is 521 g/mol. The Morgan fingerprint density at radius 2 is 1.45 bits per heavy atom. The lowest BCUT2D eigenvalue weighted by Gasteiger charge is -2.32. The van der Waals surface area contributed by atoms with Crippen LogP contribution in [-0.2, 0) is 14.4 Å². The van der Waals surface area contributed by atoms with E-state index in [1.807, 2.05) is 0 Å². The fourth-order valence-corrected chi connectivity index (χ4v) is 4.56. The minimum absolute atomic E-state index is 0.0195. The van der Waals surface area contributed by atoms with Crippen molar-refractivity contribution in [1.82, 2.24) is 26.7 Å². The summed E-state index contributed by atoms with van der Waals surface area (Å²) in [6.45, 7) is 6.91. The average Bonchev–Trinajstić information content (AvgIpc) is 2.97. The second-order valence-corrected chi connectivity index (χ2v) is 9.85. The topological polar surface area (TPSA) is 143 Å². The molecule has 0 amide bonds. The highest BCUT2D eigenvalue weighted by Gasteiger charge is 2.30. The number of nitrogens with zero attached hydrogens (tertiary/aromatic N) is 2. The number of ether oxygens (including phenoxy) is 1. The Morgan fingerprint density at radius 3 is 2.05 bits per heavy atom. The first kappa shape index (κ1) is 29.6. The van der Waals surface area contributed by atoms with E-state index in [9.17, 15) is 4.79 Å². The third kappa shape index (κ3) is 10.4. The molecule has 10 heteroatoms. The minimum atomic E-state index is -0.394. The molecule has 5 N–H and O–H groups in total. The van der Waals surface area contributed by atoms with Crippen molar-refractivity contribution in [2.24, 2.45) is 23.7 Å². The summed E-state index contributed by atoms with van der Waals surface area (Å²) >= 11 is 0. The third-order valence-electron chi connectivity index (χ3n) is 6.87. The molecular weight excluding hydrogens is 482 g/mol. The second-order valence-electron chi connectivity index (χ2n) is 9.85. The van der Waals surface area contributed by atoms with E-state index >= 15 is 0 Å². The Labute approximate surface area is 226 Å². The lowest BCUT2D eigenvalue weighted by Crippen LogP contribution is -2.51. The molecule has 0 aromatic carbocycles. The van der Waals surface area contributed by atoms with Crippen LogP contribution in [0.1, 0.15) is 38.5 Å². The highest BCUT2D eigenvalue weighted by molar-refractivity contribution is 5.81. The van der Waals surface area contributed by atoms with Gasteiger partial charge in [0.05, 0.1) is 37.2 Å². The molecule has 3 fully saturated rings. The maximum absolute atomic E-state index is 11.1. The number of carbonyl (C=O) groups excluding carboxylic acids is 1. The Balaban J connectivity index is 1.48. The summed E-state index contributed by atoms with van der Waals surface area (Å²) in [5.41, 5.74) is 3.26. The van der Waals surface area contributed by atoms with Crippen LogP contribution in [0.15, 0.2) is 12.7 Å². The number of nitrogens with one attached hydrogen (secondary N) is 5. The van der Waals surface area contributed by atoms with Crippen molar-refractivity contribution in [2.45, 2.75) is 56.9 Å². The van der Waals surface area contributed by atoms with Crippen molar-refractivity contribution in [2.75, 3.05) is 39.4 Å². The average molecular weight is 522 g/mol. The van der Waals surface area contributed by atoms with Crippen molar-refractivity contribution in [3.8, 4) is 35.8 Å². The maximum Gasteiger partial charge on any atom is 0.330 e. The minimum Gasteiger partial charge on any atom is -0.463 e. The molecule has 2 aliphatic heterocycles. The van der Waals surface area contributed by atoms with Crippen LogP contribution in [0.25, 0.3) is 0 Å². The van der Waals surface area contributed by atoms with E-state index in [1.165, 1.54) is 6.08 Å². The van der Waals surface area contributed by atoms with Crippen LogP contribution >= 0.6 is 0 Å². The molecule has 0 spiro atoms. The van der Waals surface area contributed by atoms with E-state index in [4.69, 9.17) is 20.1 Å². The molecule has 3 unspecified atom stereocenters. The highest BCUT2D eigenvalue weighted by Crippen LogP contribution is 2.29. The van der Waals surface area contributed by atoms with Gasteiger partial charge in [0.25, 0.3) is 0 Å². The quantitative estimate of drug-likeness (QED) is 0.0958. The van der Waals surface area contributed by atoms with Crippen molar-refractivity contribution < 1.29 is 14.4 Å². The Bertz CT molecular complexity index is 967. The van der Waals surface area contributed by atoms with Gasteiger partial charge in [-0.1, -0.05) is 30.3 Å². The molecule has 2 saturated heterocycles. The Morgan fingerprint density at radius 1 is 0.842 bits per heavy atom. The van der Waals surface area contributed by atoms with E-state index in [2.05, 4.69) is 69.1 Å². The number of unbranched alkanes of at least 4 members (excludes halogenated alkanes) is 2. The van der Waals surface area contributed by atoms with Gasteiger partial charge in [-0.3, -0.25) is 21.3 Å². The maximum atomic E-state index is 11.1. The number of hydrogen-bond acceptors (Lipinski definition) is 10. The summed E-state index contributed by atoms with van der Waals surface area (Å²) in [4.78, 5) is 16.9. The largest absolute Gasteiger partial charge is 0.463 e. The van der Waals surface area contributed by atoms with Gasteiger partial charge >= 0.3 is 5.97 Å². The molecule has 1 saturated carbocycles. The molecule has 3 atom stereocenters. The second kappa shape index (κ2) is 16.8. The number of nitriles is 2. The lowest BCUT2D eigenvalue weighted by molar-refractivity contribution is -0.137. The predicted octanol–water partition coefficient (Wildman–Crippen LogP) is 0.516. The zero-order valence-corrected chi connectivity index (χ0v) is 21.9. The lowest BCUT2D eigenvalue weighted by atomic mass is 9.79. The van der Waals surface area contributed by atoms with Crippen LogP contribution in [0.4, 0.5) is 0 Å². The highest BCUT2D eigenvalue weighted by atomic mass is 16.6.